The fourth-order valence-electron chi connectivity index (χ4n) is 2.77. The first-order valence-electron chi connectivity index (χ1n) is 7.83. The van der Waals surface area contributed by atoms with Crippen LogP contribution in [0.2, 0.25) is 5.02 Å². The number of carbonyl (C=O) groups is 1. The Morgan fingerprint density at radius 3 is 2.65 bits per heavy atom. The molecule has 1 unspecified atom stereocenters. The molecule has 2 aromatic rings. The third-order valence-electron chi connectivity index (χ3n) is 4.14. The second-order valence-corrected chi connectivity index (χ2v) is 6.40. The average Bonchev–Trinajstić information content (AvgIpc) is 3.38. The Hall–Kier alpha value is -2.00. The van der Waals surface area contributed by atoms with E-state index >= 15 is 0 Å². The summed E-state index contributed by atoms with van der Waals surface area (Å²) in [7, 11) is 1.63. The summed E-state index contributed by atoms with van der Waals surface area (Å²) in [5, 5.41) is 3.89. The van der Waals surface area contributed by atoms with Crippen LogP contribution in [0.3, 0.4) is 0 Å². The number of halogens is 1. The smallest absolute Gasteiger partial charge is 0.224 e. The van der Waals surface area contributed by atoms with Crippen LogP contribution in [0.25, 0.3) is 0 Å². The Balaban J connectivity index is 1.67. The van der Waals surface area contributed by atoms with Crippen molar-refractivity contribution in [2.75, 3.05) is 7.11 Å². The van der Waals surface area contributed by atoms with Gasteiger partial charge in [0.05, 0.1) is 19.6 Å². The molecule has 23 heavy (non-hydrogen) atoms. The van der Waals surface area contributed by atoms with Gasteiger partial charge in [-0.1, -0.05) is 35.9 Å². The zero-order chi connectivity index (χ0) is 16.2. The standard InChI is InChI=1S/C19H20ClNO2/c1-23-17-4-2-3-13(11-17)12-18(22)21-19(14-5-6-14)15-7-9-16(20)10-8-15/h2-4,7-11,14,19H,5-6,12H2,1H3,(H,21,22). The van der Waals surface area contributed by atoms with Crippen LogP contribution in [-0.2, 0) is 11.2 Å². The summed E-state index contributed by atoms with van der Waals surface area (Å²) in [6, 6.07) is 15.4. The van der Waals surface area contributed by atoms with Gasteiger partial charge in [-0.3, -0.25) is 4.79 Å². The summed E-state index contributed by atoms with van der Waals surface area (Å²) in [5.41, 5.74) is 2.07. The molecule has 0 aromatic heterocycles. The van der Waals surface area contributed by atoms with Gasteiger partial charge < -0.3 is 10.1 Å². The van der Waals surface area contributed by atoms with Gasteiger partial charge in [0, 0.05) is 5.02 Å². The lowest BCUT2D eigenvalue weighted by atomic mass is 10.0. The minimum Gasteiger partial charge on any atom is -0.497 e. The van der Waals surface area contributed by atoms with E-state index in [0.29, 0.717) is 17.4 Å². The van der Waals surface area contributed by atoms with Crippen LogP contribution in [0, 0.1) is 5.92 Å². The van der Waals surface area contributed by atoms with Crippen molar-refractivity contribution in [1.29, 1.82) is 0 Å². The second-order valence-electron chi connectivity index (χ2n) is 5.96. The Bertz CT molecular complexity index is 680. The highest BCUT2D eigenvalue weighted by molar-refractivity contribution is 6.30. The van der Waals surface area contributed by atoms with Crippen molar-refractivity contribution in [2.45, 2.75) is 25.3 Å². The Kier molecular flexibility index (Phi) is 4.87. The van der Waals surface area contributed by atoms with E-state index in [1.807, 2.05) is 48.5 Å². The molecule has 1 atom stereocenters. The molecule has 3 rings (SSSR count). The van der Waals surface area contributed by atoms with Crippen molar-refractivity contribution in [3.05, 3.63) is 64.7 Å². The maximum Gasteiger partial charge on any atom is 0.224 e. The molecule has 0 aliphatic heterocycles. The summed E-state index contributed by atoms with van der Waals surface area (Å²) < 4.78 is 5.20. The number of hydrogen-bond donors (Lipinski definition) is 1. The highest BCUT2D eigenvalue weighted by atomic mass is 35.5. The summed E-state index contributed by atoms with van der Waals surface area (Å²) in [6.07, 6.45) is 2.67. The molecule has 1 saturated carbocycles. The van der Waals surface area contributed by atoms with Gasteiger partial charge >= 0.3 is 0 Å². The number of methoxy groups -OCH3 is 1. The minimum absolute atomic E-state index is 0.0325. The summed E-state index contributed by atoms with van der Waals surface area (Å²) in [6.45, 7) is 0. The zero-order valence-electron chi connectivity index (χ0n) is 13.1. The molecule has 1 fully saturated rings. The summed E-state index contributed by atoms with van der Waals surface area (Å²) in [4.78, 5) is 12.4. The monoisotopic (exact) mass is 329 g/mol. The fraction of sp³-hybridized carbons (Fsp3) is 0.316. The van der Waals surface area contributed by atoms with Crippen molar-refractivity contribution < 1.29 is 9.53 Å². The first-order valence-corrected chi connectivity index (χ1v) is 8.21. The summed E-state index contributed by atoms with van der Waals surface area (Å²) >= 11 is 5.95. The van der Waals surface area contributed by atoms with Gasteiger partial charge in [0.1, 0.15) is 5.75 Å². The molecular formula is C19H20ClNO2. The molecule has 1 amide bonds. The van der Waals surface area contributed by atoms with Gasteiger partial charge in [-0.15, -0.1) is 0 Å². The second kappa shape index (κ2) is 7.05. The predicted octanol–water partition coefficient (Wildman–Crippen LogP) is 4.16. The molecular weight excluding hydrogens is 310 g/mol. The molecule has 0 radical (unpaired) electrons. The lowest BCUT2D eigenvalue weighted by Gasteiger charge is -2.19. The van der Waals surface area contributed by atoms with E-state index in [2.05, 4.69) is 5.32 Å². The fourth-order valence-corrected chi connectivity index (χ4v) is 2.89. The van der Waals surface area contributed by atoms with E-state index in [9.17, 15) is 4.79 Å². The summed E-state index contributed by atoms with van der Waals surface area (Å²) in [5.74, 6) is 1.34. The van der Waals surface area contributed by atoms with E-state index in [-0.39, 0.29) is 11.9 Å². The number of nitrogens with one attached hydrogen (secondary N) is 1. The molecule has 0 heterocycles. The highest BCUT2D eigenvalue weighted by Gasteiger charge is 2.33. The predicted molar refractivity (Wildman–Crippen MR) is 91.8 cm³/mol. The van der Waals surface area contributed by atoms with Crippen molar-refractivity contribution >= 4 is 17.5 Å². The molecule has 1 aliphatic carbocycles. The van der Waals surface area contributed by atoms with Crippen LogP contribution >= 0.6 is 11.6 Å². The maximum absolute atomic E-state index is 12.4. The molecule has 0 saturated heterocycles. The van der Waals surface area contributed by atoms with Crippen molar-refractivity contribution in [2.24, 2.45) is 5.92 Å². The van der Waals surface area contributed by atoms with Crippen molar-refractivity contribution in [3.8, 4) is 5.75 Å². The number of ether oxygens (including phenoxy) is 1. The van der Waals surface area contributed by atoms with E-state index in [1.54, 1.807) is 7.11 Å². The number of hydrogen-bond acceptors (Lipinski definition) is 2. The largest absolute Gasteiger partial charge is 0.497 e. The van der Waals surface area contributed by atoms with Gasteiger partial charge in [-0.05, 0) is 54.2 Å². The number of carbonyl (C=O) groups excluding carboxylic acids is 1. The molecule has 4 heteroatoms. The van der Waals surface area contributed by atoms with Crippen LogP contribution in [0.4, 0.5) is 0 Å². The zero-order valence-corrected chi connectivity index (χ0v) is 13.8. The van der Waals surface area contributed by atoms with Gasteiger partial charge in [0.25, 0.3) is 0 Å². The van der Waals surface area contributed by atoms with Crippen molar-refractivity contribution in [1.82, 2.24) is 5.32 Å². The Morgan fingerprint density at radius 2 is 2.00 bits per heavy atom. The van der Waals surface area contributed by atoms with Gasteiger partial charge in [-0.25, -0.2) is 0 Å². The van der Waals surface area contributed by atoms with E-state index < -0.39 is 0 Å². The van der Waals surface area contributed by atoms with Gasteiger partial charge in [-0.2, -0.15) is 0 Å². The third-order valence-corrected chi connectivity index (χ3v) is 4.39. The van der Waals surface area contributed by atoms with Crippen LogP contribution in [0.5, 0.6) is 5.75 Å². The van der Waals surface area contributed by atoms with Crippen LogP contribution in [0.1, 0.15) is 30.0 Å². The Labute approximate surface area is 141 Å². The lowest BCUT2D eigenvalue weighted by molar-refractivity contribution is -0.121. The van der Waals surface area contributed by atoms with Crippen LogP contribution < -0.4 is 10.1 Å². The molecule has 3 nitrogen and oxygen atoms in total. The van der Waals surface area contributed by atoms with Gasteiger partial charge in [0.2, 0.25) is 5.91 Å². The topological polar surface area (TPSA) is 38.3 Å². The lowest BCUT2D eigenvalue weighted by Crippen LogP contribution is -2.31. The van der Waals surface area contributed by atoms with Crippen LogP contribution in [-0.4, -0.2) is 13.0 Å². The van der Waals surface area contributed by atoms with Gasteiger partial charge in [0.15, 0.2) is 0 Å². The minimum atomic E-state index is 0.0325. The van der Waals surface area contributed by atoms with Crippen LogP contribution in [0.15, 0.2) is 48.5 Å². The molecule has 1 N–H and O–H groups in total. The molecule has 1 aliphatic rings. The maximum atomic E-state index is 12.4. The SMILES string of the molecule is COc1cccc(CC(=O)NC(c2ccc(Cl)cc2)C2CC2)c1. The van der Waals surface area contributed by atoms with Crippen molar-refractivity contribution in [3.63, 3.8) is 0 Å². The molecule has 120 valence electrons. The normalized spacial score (nSPS) is 15.0. The average molecular weight is 330 g/mol. The number of rotatable bonds is 6. The first kappa shape index (κ1) is 15.9. The number of benzene rings is 2. The Morgan fingerprint density at radius 1 is 1.26 bits per heavy atom. The van der Waals surface area contributed by atoms with E-state index in [4.69, 9.17) is 16.3 Å². The third kappa shape index (κ3) is 4.26. The molecule has 0 spiro atoms. The van der Waals surface area contributed by atoms with E-state index in [0.717, 1.165) is 29.7 Å². The van der Waals surface area contributed by atoms with E-state index in [1.165, 1.54) is 0 Å². The first-order chi connectivity index (χ1) is 11.2. The number of amides is 1. The highest BCUT2D eigenvalue weighted by Crippen LogP contribution is 2.41. The molecule has 2 aromatic carbocycles. The quantitative estimate of drug-likeness (QED) is 0.864. The molecule has 0 bridgehead atoms.